The van der Waals surface area contributed by atoms with Gasteiger partial charge in [0.05, 0.1) is 17.3 Å². The summed E-state index contributed by atoms with van der Waals surface area (Å²) >= 11 is 0. The number of nitrogens with one attached hydrogen (secondary N) is 2. The topological polar surface area (TPSA) is 127 Å². The van der Waals surface area contributed by atoms with Crippen LogP contribution in [0.2, 0.25) is 0 Å². The third-order valence-corrected chi connectivity index (χ3v) is 2.99. The number of aromatic nitrogens is 1. The van der Waals surface area contributed by atoms with Gasteiger partial charge >= 0.3 is 5.63 Å². The monoisotopic (exact) mass is 318 g/mol. The number of rotatable bonds is 6. The predicted octanol–water partition coefficient (Wildman–Crippen LogP) is 0.368. The van der Waals surface area contributed by atoms with Crippen molar-refractivity contribution in [2.75, 3.05) is 5.32 Å². The molecular weight excluding hydrogens is 300 g/mol. The average Bonchev–Trinajstić information content (AvgIpc) is 2.45. The van der Waals surface area contributed by atoms with Gasteiger partial charge in [-0.1, -0.05) is 12.1 Å². The molecule has 122 valence electrons. The first-order valence-electron chi connectivity index (χ1n) is 7.12. The first-order valence-corrected chi connectivity index (χ1v) is 7.12. The normalized spacial score (nSPS) is 12.1. The van der Waals surface area contributed by atoms with Gasteiger partial charge in [-0.05, 0) is 26.0 Å². The van der Waals surface area contributed by atoms with Gasteiger partial charge < -0.3 is 20.8 Å². The van der Waals surface area contributed by atoms with Crippen molar-refractivity contribution in [3.05, 3.63) is 34.7 Å². The molecule has 0 bridgehead atoms. The van der Waals surface area contributed by atoms with Crippen molar-refractivity contribution in [2.24, 2.45) is 5.73 Å². The SMILES string of the molecule is CC(C)NC(=O)[C@H](CC(N)=O)Nc1nc2ccccc2c(=O)o1. The molecule has 0 saturated heterocycles. The smallest absolute Gasteiger partial charge is 0.348 e. The van der Waals surface area contributed by atoms with Crippen LogP contribution in [0.25, 0.3) is 10.9 Å². The second-order valence-corrected chi connectivity index (χ2v) is 5.35. The van der Waals surface area contributed by atoms with Crippen molar-refractivity contribution in [1.29, 1.82) is 0 Å². The van der Waals surface area contributed by atoms with E-state index in [1.165, 1.54) is 0 Å². The maximum Gasteiger partial charge on any atom is 0.348 e. The number of primary amides is 1. The maximum absolute atomic E-state index is 12.1. The lowest BCUT2D eigenvalue weighted by Crippen LogP contribution is -2.44. The van der Waals surface area contributed by atoms with Gasteiger partial charge in [-0.25, -0.2) is 4.79 Å². The summed E-state index contributed by atoms with van der Waals surface area (Å²) in [5.74, 6) is -1.10. The van der Waals surface area contributed by atoms with Crippen LogP contribution in [-0.4, -0.2) is 28.9 Å². The summed E-state index contributed by atoms with van der Waals surface area (Å²) in [6.07, 6.45) is -0.253. The molecule has 2 amide bonds. The fraction of sp³-hybridized carbons (Fsp3) is 0.333. The number of hydrogen-bond acceptors (Lipinski definition) is 6. The molecule has 1 heterocycles. The average molecular weight is 318 g/mol. The van der Waals surface area contributed by atoms with E-state index in [1.54, 1.807) is 38.1 Å². The van der Waals surface area contributed by atoms with Gasteiger partial charge in [0.1, 0.15) is 6.04 Å². The molecular formula is C15H18N4O4. The first-order chi connectivity index (χ1) is 10.9. The Kier molecular flexibility index (Phi) is 4.95. The number of anilines is 1. The van der Waals surface area contributed by atoms with Crippen molar-refractivity contribution in [2.45, 2.75) is 32.4 Å². The maximum atomic E-state index is 12.1. The number of nitrogens with zero attached hydrogens (tertiary/aromatic N) is 1. The number of nitrogens with two attached hydrogens (primary N) is 1. The number of amides is 2. The van der Waals surface area contributed by atoms with E-state index in [1.807, 2.05) is 0 Å². The van der Waals surface area contributed by atoms with Crippen LogP contribution in [0.4, 0.5) is 6.01 Å². The number of fused-ring (bicyclic) bond motifs is 1. The predicted molar refractivity (Wildman–Crippen MR) is 84.8 cm³/mol. The zero-order valence-electron chi connectivity index (χ0n) is 12.8. The van der Waals surface area contributed by atoms with Crippen LogP contribution in [0.3, 0.4) is 0 Å². The van der Waals surface area contributed by atoms with Gasteiger partial charge in [-0.2, -0.15) is 4.98 Å². The Hall–Kier alpha value is -2.90. The molecule has 4 N–H and O–H groups in total. The minimum Gasteiger partial charge on any atom is -0.389 e. The second-order valence-electron chi connectivity index (χ2n) is 5.35. The quantitative estimate of drug-likeness (QED) is 0.706. The van der Waals surface area contributed by atoms with Gasteiger partial charge in [0, 0.05) is 6.04 Å². The summed E-state index contributed by atoms with van der Waals surface area (Å²) < 4.78 is 5.05. The number of para-hydroxylation sites is 1. The van der Waals surface area contributed by atoms with E-state index in [4.69, 9.17) is 10.2 Å². The Morgan fingerprint density at radius 3 is 2.65 bits per heavy atom. The van der Waals surface area contributed by atoms with Crippen molar-refractivity contribution < 1.29 is 14.0 Å². The number of hydrogen-bond donors (Lipinski definition) is 3. The number of carbonyl (C=O) groups is 2. The Bertz CT molecular complexity index is 784. The highest BCUT2D eigenvalue weighted by Gasteiger charge is 2.23. The van der Waals surface area contributed by atoms with Gasteiger partial charge in [-0.3, -0.25) is 9.59 Å². The Balaban J connectivity index is 2.30. The van der Waals surface area contributed by atoms with E-state index in [0.29, 0.717) is 10.9 Å². The standard InChI is InChI=1S/C15H18N4O4/c1-8(2)17-13(21)11(7-12(16)20)19-15-18-10-6-4-3-5-9(10)14(22)23-15/h3-6,8,11H,7H2,1-2H3,(H2,16,20)(H,17,21)(H,18,19)/t11-/m0/s1. The third-order valence-electron chi connectivity index (χ3n) is 2.99. The minimum atomic E-state index is -0.980. The van der Waals surface area contributed by atoms with Gasteiger partial charge in [-0.15, -0.1) is 0 Å². The molecule has 0 aliphatic carbocycles. The summed E-state index contributed by atoms with van der Waals surface area (Å²) in [6, 6.07) is 5.42. The molecule has 1 atom stereocenters. The lowest BCUT2D eigenvalue weighted by Gasteiger charge is -2.18. The van der Waals surface area contributed by atoms with E-state index in [9.17, 15) is 14.4 Å². The van der Waals surface area contributed by atoms with Gasteiger partial charge in [0.25, 0.3) is 6.01 Å². The molecule has 0 spiro atoms. The van der Waals surface area contributed by atoms with Crippen LogP contribution in [0.5, 0.6) is 0 Å². The van der Waals surface area contributed by atoms with E-state index in [-0.39, 0.29) is 18.5 Å². The minimum absolute atomic E-state index is 0.115. The van der Waals surface area contributed by atoms with E-state index in [0.717, 1.165) is 0 Å². The Morgan fingerprint density at radius 2 is 2.00 bits per heavy atom. The van der Waals surface area contributed by atoms with E-state index < -0.39 is 23.5 Å². The molecule has 8 heteroatoms. The van der Waals surface area contributed by atoms with Crippen LogP contribution in [0, 0.1) is 0 Å². The zero-order valence-corrected chi connectivity index (χ0v) is 12.8. The molecule has 0 radical (unpaired) electrons. The molecule has 2 rings (SSSR count). The molecule has 1 aromatic carbocycles. The van der Waals surface area contributed by atoms with Gasteiger partial charge in [0.15, 0.2) is 0 Å². The summed E-state index contributed by atoms with van der Waals surface area (Å²) in [5.41, 5.74) is 5.01. The van der Waals surface area contributed by atoms with E-state index >= 15 is 0 Å². The van der Waals surface area contributed by atoms with Crippen molar-refractivity contribution in [1.82, 2.24) is 10.3 Å². The second kappa shape index (κ2) is 6.91. The first kappa shape index (κ1) is 16.5. The van der Waals surface area contributed by atoms with E-state index in [2.05, 4.69) is 15.6 Å². The summed E-state index contributed by atoms with van der Waals surface area (Å²) in [4.78, 5) is 39.3. The molecule has 1 aromatic heterocycles. The molecule has 23 heavy (non-hydrogen) atoms. The van der Waals surface area contributed by atoms with Crippen LogP contribution in [0.1, 0.15) is 20.3 Å². The fourth-order valence-electron chi connectivity index (χ4n) is 2.03. The lowest BCUT2D eigenvalue weighted by molar-refractivity contribution is -0.126. The highest BCUT2D eigenvalue weighted by molar-refractivity contribution is 5.90. The lowest BCUT2D eigenvalue weighted by atomic mass is 10.1. The number of benzene rings is 1. The van der Waals surface area contributed by atoms with Crippen molar-refractivity contribution in [3.63, 3.8) is 0 Å². The van der Waals surface area contributed by atoms with Crippen LogP contribution < -0.4 is 22.0 Å². The highest BCUT2D eigenvalue weighted by atomic mass is 16.4. The molecule has 8 nitrogen and oxygen atoms in total. The molecule has 0 saturated carbocycles. The summed E-state index contributed by atoms with van der Waals surface area (Å²) in [6.45, 7) is 3.57. The Labute approximate surface area is 132 Å². The van der Waals surface area contributed by atoms with Gasteiger partial charge in [0.2, 0.25) is 11.8 Å². The highest BCUT2D eigenvalue weighted by Crippen LogP contribution is 2.12. The molecule has 2 aromatic rings. The molecule has 0 aliphatic rings. The largest absolute Gasteiger partial charge is 0.389 e. The van der Waals surface area contributed by atoms with Crippen LogP contribution in [-0.2, 0) is 9.59 Å². The van der Waals surface area contributed by atoms with Crippen LogP contribution in [0.15, 0.2) is 33.5 Å². The zero-order chi connectivity index (χ0) is 17.0. The van der Waals surface area contributed by atoms with Crippen molar-refractivity contribution in [3.8, 4) is 0 Å². The summed E-state index contributed by atoms with van der Waals surface area (Å²) in [7, 11) is 0. The molecule has 0 unspecified atom stereocenters. The molecule has 0 aliphatic heterocycles. The van der Waals surface area contributed by atoms with Crippen molar-refractivity contribution >= 4 is 28.7 Å². The summed E-state index contributed by atoms with van der Waals surface area (Å²) in [5, 5.41) is 5.65. The fourth-order valence-corrected chi connectivity index (χ4v) is 2.03. The van der Waals surface area contributed by atoms with Crippen LogP contribution >= 0.6 is 0 Å². The third kappa shape index (κ3) is 4.29. The number of carbonyl (C=O) groups excluding carboxylic acids is 2. The Morgan fingerprint density at radius 1 is 1.30 bits per heavy atom. The molecule has 0 fully saturated rings.